The zero-order chi connectivity index (χ0) is 15.8. The zero-order valence-electron chi connectivity index (χ0n) is 13.0. The highest BCUT2D eigenvalue weighted by atomic mass is 16.7. The van der Waals surface area contributed by atoms with Crippen molar-refractivity contribution in [3.05, 3.63) is 35.9 Å². The molecule has 1 aliphatic heterocycles. The standard InChI is InChI=1S/C17H23NO4/c1-17(21-12-13-22-17)10-11-18-16(20)9-5-8-15(19)14-6-3-2-4-7-14/h2-4,6-7H,5,8-13H2,1H3,(H,18,20). The number of Topliss-reactive ketones (excluding diaryl/α,β-unsaturated/α-hetero) is 1. The van der Waals surface area contributed by atoms with Gasteiger partial charge in [-0.3, -0.25) is 9.59 Å². The van der Waals surface area contributed by atoms with Gasteiger partial charge in [-0.15, -0.1) is 0 Å². The summed E-state index contributed by atoms with van der Waals surface area (Å²) in [5, 5.41) is 2.84. The Kier molecular flexibility index (Phi) is 6.10. The molecule has 1 aromatic carbocycles. The van der Waals surface area contributed by atoms with Gasteiger partial charge in [0.2, 0.25) is 5.91 Å². The topological polar surface area (TPSA) is 64.6 Å². The summed E-state index contributed by atoms with van der Waals surface area (Å²) < 4.78 is 10.9. The average Bonchev–Trinajstić information content (AvgIpc) is 2.95. The second-order valence-electron chi connectivity index (χ2n) is 5.57. The van der Waals surface area contributed by atoms with Crippen molar-refractivity contribution in [3.63, 3.8) is 0 Å². The highest BCUT2D eigenvalue weighted by Gasteiger charge is 2.30. The SMILES string of the molecule is CC1(CCNC(=O)CCCC(=O)c2ccccc2)OCCO1. The van der Waals surface area contributed by atoms with Crippen LogP contribution in [0.1, 0.15) is 43.0 Å². The summed E-state index contributed by atoms with van der Waals surface area (Å²) in [5.74, 6) is -0.535. The van der Waals surface area contributed by atoms with Crippen molar-refractivity contribution in [2.24, 2.45) is 0 Å². The number of amides is 1. The van der Waals surface area contributed by atoms with E-state index in [4.69, 9.17) is 9.47 Å². The molecule has 0 bridgehead atoms. The van der Waals surface area contributed by atoms with Gasteiger partial charge in [0.05, 0.1) is 13.2 Å². The minimum absolute atomic E-state index is 0.0394. The van der Waals surface area contributed by atoms with Crippen LogP contribution in [0.2, 0.25) is 0 Å². The van der Waals surface area contributed by atoms with E-state index in [9.17, 15) is 9.59 Å². The van der Waals surface area contributed by atoms with E-state index in [-0.39, 0.29) is 11.7 Å². The molecule has 5 nitrogen and oxygen atoms in total. The molecule has 0 unspecified atom stereocenters. The third-order valence-electron chi connectivity index (χ3n) is 3.70. The lowest BCUT2D eigenvalue weighted by Gasteiger charge is -2.22. The zero-order valence-corrected chi connectivity index (χ0v) is 13.0. The lowest BCUT2D eigenvalue weighted by Crippen LogP contribution is -2.33. The van der Waals surface area contributed by atoms with Crippen LogP contribution in [-0.4, -0.2) is 37.2 Å². The van der Waals surface area contributed by atoms with Crippen molar-refractivity contribution in [3.8, 4) is 0 Å². The summed E-state index contributed by atoms with van der Waals surface area (Å²) in [6, 6.07) is 9.15. The maximum atomic E-state index is 11.9. The summed E-state index contributed by atoms with van der Waals surface area (Å²) in [7, 11) is 0. The van der Waals surface area contributed by atoms with E-state index in [1.807, 2.05) is 25.1 Å². The van der Waals surface area contributed by atoms with Crippen molar-refractivity contribution in [1.82, 2.24) is 5.32 Å². The number of ether oxygens (including phenoxy) is 2. The lowest BCUT2D eigenvalue weighted by molar-refractivity contribution is -0.146. The first-order valence-electron chi connectivity index (χ1n) is 7.72. The molecule has 5 heteroatoms. The molecular formula is C17H23NO4. The molecule has 0 radical (unpaired) electrons. The summed E-state index contributed by atoms with van der Waals surface area (Å²) in [4.78, 5) is 23.6. The molecule has 1 heterocycles. The van der Waals surface area contributed by atoms with Crippen molar-refractivity contribution < 1.29 is 19.1 Å². The van der Waals surface area contributed by atoms with Gasteiger partial charge < -0.3 is 14.8 Å². The number of nitrogens with one attached hydrogen (secondary N) is 1. The highest BCUT2D eigenvalue weighted by molar-refractivity contribution is 5.96. The number of carbonyl (C=O) groups excluding carboxylic acids is 2. The molecule has 0 aromatic heterocycles. The second kappa shape index (κ2) is 8.06. The predicted octanol–water partition coefficient (Wildman–Crippen LogP) is 2.31. The Morgan fingerprint density at radius 3 is 2.50 bits per heavy atom. The van der Waals surface area contributed by atoms with Crippen molar-refractivity contribution in [2.75, 3.05) is 19.8 Å². The van der Waals surface area contributed by atoms with Gasteiger partial charge in [0.1, 0.15) is 0 Å². The van der Waals surface area contributed by atoms with Gasteiger partial charge >= 0.3 is 0 Å². The van der Waals surface area contributed by atoms with Gasteiger partial charge in [0.25, 0.3) is 0 Å². The maximum Gasteiger partial charge on any atom is 0.220 e. The van der Waals surface area contributed by atoms with Crippen LogP contribution in [0.15, 0.2) is 30.3 Å². The number of rotatable bonds is 8. The van der Waals surface area contributed by atoms with E-state index in [0.29, 0.717) is 51.0 Å². The first-order valence-corrected chi connectivity index (χ1v) is 7.72. The Hall–Kier alpha value is -1.72. The van der Waals surface area contributed by atoms with E-state index < -0.39 is 5.79 Å². The number of benzene rings is 1. The molecule has 1 aromatic rings. The van der Waals surface area contributed by atoms with Crippen LogP contribution in [0, 0.1) is 0 Å². The quantitative estimate of drug-likeness (QED) is 0.749. The van der Waals surface area contributed by atoms with E-state index in [0.717, 1.165) is 0 Å². The minimum Gasteiger partial charge on any atom is -0.356 e. The van der Waals surface area contributed by atoms with Crippen LogP contribution in [0.25, 0.3) is 0 Å². The van der Waals surface area contributed by atoms with Crippen LogP contribution in [0.5, 0.6) is 0 Å². The molecule has 1 amide bonds. The Morgan fingerprint density at radius 1 is 1.14 bits per heavy atom. The average molecular weight is 305 g/mol. The van der Waals surface area contributed by atoms with E-state index in [2.05, 4.69) is 5.32 Å². The minimum atomic E-state index is -0.573. The van der Waals surface area contributed by atoms with Crippen molar-refractivity contribution >= 4 is 11.7 Å². The fourth-order valence-corrected chi connectivity index (χ4v) is 2.40. The second-order valence-corrected chi connectivity index (χ2v) is 5.57. The summed E-state index contributed by atoms with van der Waals surface area (Å²) in [6.07, 6.45) is 1.93. The van der Waals surface area contributed by atoms with Crippen LogP contribution in [0.4, 0.5) is 0 Å². The number of hydrogen-bond donors (Lipinski definition) is 1. The molecule has 1 N–H and O–H groups in total. The van der Waals surface area contributed by atoms with Gasteiger partial charge in [-0.25, -0.2) is 0 Å². The normalized spacial score (nSPS) is 16.4. The third-order valence-corrected chi connectivity index (χ3v) is 3.70. The summed E-state index contributed by atoms with van der Waals surface area (Å²) in [6.45, 7) is 3.60. The van der Waals surface area contributed by atoms with E-state index in [1.165, 1.54) is 0 Å². The van der Waals surface area contributed by atoms with Gasteiger partial charge in [-0.05, 0) is 13.3 Å². The smallest absolute Gasteiger partial charge is 0.220 e. The molecule has 22 heavy (non-hydrogen) atoms. The fraction of sp³-hybridized carbons (Fsp3) is 0.529. The Labute approximate surface area is 131 Å². The molecule has 0 saturated carbocycles. The first-order chi connectivity index (χ1) is 10.6. The predicted molar refractivity (Wildman–Crippen MR) is 82.6 cm³/mol. The molecule has 0 aliphatic carbocycles. The van der Waals surface area contributed by atoms with Crippen LogP contribution in [0.3, 0.4) is 0 Å². The molecule has 1 saturated heterocycles. The Balaban J connectivity index is 1.59. The maximum absolute atomic E-state index is 11.9. The molecule has 120 valence electrons. The van der Waals surface area contributed by atoms with Crippen molar-refractivity contribution in [2.45, 2.75) is 38.4 Å². The largest absolute Gasteiger partial charge is 0.356 e. The van der Waals surface area contributed by atoms with E-state index >= 15 is 0 Å². The number of hydrogen-bond acceptors (Lipinski definition) is 4. The monoisotopic (exact) mass is 305 g/mol. The molecule has 1 aliphatic rings. The number of ketones is 1. The summed E-state index contributed by atoms with van der Waals surface area (Å²) in [5.41, 5.74) is 0.700. The van der Waals surface area contributed by atoms with E-state index in [1.54, 1.807) is 12.1 Å². The Morgan fingerprint density at radius 2 is 1.82 bits per heavy atom. The first kappa shape index (κ1) is 16.6. The van der Waals surface area contributed by atoms with Gasteiger partial charge in [0, 0.05) is 31.4 Å². The van der Waals surface area contributed by atoms with Crippen molar-refractivity contribution in [1.29, 1.82) is 0 Å². The highest BCUT2D eigenvalue weighted by Crippen LogP contribution is 2.21. The lowest BCUT2D eigenvalue weighted by atomic mass is 10.1. The molecule has 2 rings (SSSR count). The van der Waals surface area contributed by atoms with Gasteiger partial charge in [0.15, 0.2) is 11.6 Å². The van der Waals surface area contributed by atoms with Crippen LogP contribution < -0.4 is 5.32 Å². The Bertz CT molecular complexity index is 495. The molecule has 0 spiro atoms. The van der Waals surface area contributed by atoms with Crippen LogP contribution >= 0.6 is 0 Å². The molecule has 0 atom stereocenters. The summed E-state index contributed by atoms with van der Waals surface area (Å²) >= 11 is 0. The van der Waals surface area contributed by atoms with Gasteiger partial charge in [-0.1, -0.05) is 30.3 Å². The fourth-order valence-electron chi connectivity index (χ4n) is 2.40. The van der Waals surface area contributed by atoms with Gasteiger partial charge in [-0.2, -0.15) is 0 Å². The molecule has 1 fully saturated rings. The van der Waals surface area contributed by atoms with Crippen LogP contribution in [-0.2, 0) is 14.3 Å². The number of carbonyl (C=O) groups is 2. The molecular weight excluding hydrogens is 282 g/mol. The third kappa shape index (κ3) is 5.24.